The number of benzene rings is 2. The van der Waals surface area contributed by atoms with Crippen molar-refractivity contribution in [2.45, 2.75) is 43.0 Å². The molecule has 3 heterocycles. The Balaban J connectivity index is 1.31. The molecule has 30 heavy (non-hydrogen) atoms. The van der Waals surface area contributed by atoms with Crippen LogP contribution >= 0.6 is 11.8 Å². The van der Waals surface area contributed by atoms with Gasteiger partial charge in [0.15, 0.2) is 0 Å². The number of carbonyl (C=O) groups excluding carboxylic acids is 2. The maximum absolute atomic E-state index is 13.1. The average Bonchev–Trinajstić information content (AvgIpc) is 3.35. The lowest BCUT2D eigenvalue weighted by molar-refractivity contribution is -0.136. The molecule has 0 radical (unpaired) electrons. The molecule has 0 saturated carbocycles. The van der Waals surface area contributed by atoms with Crippen molar-refractivity contribution < 1.29 is 9.59 Å². The molecule has 0 unspecified atom stereocenters. The lowest BCUT2D eigenvalue weighted by atomic mass is 10.0. The first-order valence-electron chi connectivity index (χ1n) is 10.8. The zero-order chi connectivity index (χ0) is 20.6. The summed E-state index contributed by atoms with van der Waals surface area (Å²) in [6.45, 7) is 2.20. The van der Waals surface area contributed by atoms with E-state index in [1.54, 1.807) is 11.8 Å². The molecule has 1 N–H and O–H groups in total. The Kier molecular flexibility index (Phi) is 5.19. The number of nitrogens with one attached hydrogen (secondary N) is 1. The van der Waals surface area contributed by atoms with Gasteiger partial charge in [-0.05, 0) is 55.5 Å². The van der Waals surface area contributed by atoms with Crippen molar-refractivity contribution in [1.29, 1.82) is 0 Å². The third-order valence-corrected chi connectivity index (χ3v) is 8.11. The topological polar surface area (TPSA) is 52.7 Å². The van der Waals surface area contributed by atoms with Crippen molar-refractivity contribution in [3.8, 4) is 0 Å². The summed E-state index contributed by atoms with van der Waals surface area (Å²) in [5.74, 6) is 0.601. The molecule has 0 spiro atoms. The van der Waals surface area contributed by atoms with Crippen LogP contribution in [0.4, 0.5) is 11.4 Å². The monoisotopic (exact) mass is 421 g/mol. The Morgan fingerprint density at radius 3 is 2.47 bits per heavy atom. The zero-order valence-corrected chi connectivity index (χ0v) is 17.9. The summed E-state index contributed by atoms with van der Waals surface area (Å²) in [5, 5.41) is 3.05. The fourth-order valence-electron chi connectivity index (χ4n) is 4.97. The number of carbonyl (C=O) groups is 2. The highest BCUT2D eigenvalue weighted by Crippen LogP contribution is 2.54. The van der Waals surface area contributed by atoms with Crippen LogP contribution in [0.5, 0.6) is 0 Å². The van der Waals surface area contributed by atoms with Crippen LogP contribution in [-0.4, -0.2) is 41.6 Å². The van der Waals surface area contributed by atoms with Gasteiger partial charge in [0.25, 0.3) is 0 Å². The second-order valence-electron chi connectivity index (χ2n) is 8.32. The fraction of sp³-hybridized carbons (Fsp3) is 0.417. The summed E-state index contributed by atoms with van der Waals surface area (Å²) < 4.78 is 0. The summed E-state index contributed by atoms with van der Waals surface area (Å²) in [6, 6.07) is 17.8. The molecule has 3 fully saturated rings. The van der Waals surface area contributed by atoms with Gasteiger partial charge in [0.1, 0.15) is 10.9 Å². The Bertz CT molecular complexity index is 927. The predicted molar refractivity (Wildman–Crippen MR) is 122 cm³/mol. The molecule has 0 aliphatic carbocycles. The Hall–Kier alpha value is -2.47. The molecule has 3 aliphatic heterocycles. The first kappa shape index (κ1) is 19.5. The lowest BCUT2D eigenvalue weighted by Crippen LogP contribution is -2.48. The number of fused-ring (bicyclic) bond motifs is 1. The molecule has 2 amide bonds. The second-order valence-corrected chi connectivity index (χ2v) is 9.62. The molecule has 2 atom stereocenters. The van der Waals surface area contributed by atoms with Gasteiger partial charge >= 0.3 is 0 Å². The minimum absolute atomic E-state index is 0.0736. The van der Waals surface area contributed by atoms with Crippen LogP contribution in [0.25, 0.3) is 0 Å². The van der Waals surface area contributed by atoms with Gasteiger partial charge < -0.3 is 15.1 Å². The molecule has 5 rings (SSSR count). The van der Waals surface area contributed by atoms with Crippen molar-refractivity contribution in [3.63, 3.8) is 0 Å². The summed E-state index contributed by atoms with van der Waals surface area (Å²) in [7, 11) is 0. The predicted octanol–water partition coefficient (Wildman–Crippen LogP) is 4.21. The van der Waals surface area contributed by atoms with E-state index >= 15 is 0 Å². The number of thioether (sulfide) groups is 1. The Morgan fingerprint density at radius 1 is 1.00 bits per heavy atom. The highest BCUT2D eigenvalue weighted by molar-refractivity contribution is 8.00. The first-order valence-corrected chi connectivity index (χ1v) is 11.8. The van der Waals surface area contributed by atoms with Gasteiger partial charge in [0, 0.05) is 36.6 Å². The maximum Gasteiger partial charge on any atom is 0.248 e. The number of hydrogen-bond acceptors (Lipinski definition) is 4. The van der Waals surface area contributed by atoms with Gasteiger partial charge in [-0.2, -0.15) is 0 Å². The van der Waals surface area contributed by atoms with Gasteiger partial charge in [-0.25, -0.2) is 0 Å². The highest BCUT2D eigenvalue weighted by atomic mass is 32.2. The van der Waals surface area contributed by atoms with Crippen molar-refractivity contribution in [3.05, 3.63) is 60.2 Å². The van der Waals surface area contributed by atoms with Gasteiger partial charge in [0.05, 0.1) is 0 Å². The van der Waals surface area contributed by atoms with Crippen LogP contribution in [0, 0.1) is 0 Å². The number of nitrogens with zero attached hydrogens (tertiary/aromatic N) is 2. The molecule has 2 aromatic rings. The van der Waals surface area contributed by atoms with Gasteiger partial charge in [-0.15, -0.1) is 11.8 Å². The van der Waals surface area contributed by atoms with E-state index in [0.717, 1.165) is 30.8 Å². The third-order valence-electron chi connectivity index (χ3n) is 6.51. The molecule has 0 aromatic heterocycles. The van der Waals surface area contributed by atoms with E-state index in [4.69, 9.17) is 0 Å². The lowest BCUT2D eigenvalue weighted by Gasteiger charge is -2.34. The van der Waals surface area contributed by atoms with Crippen LogP contribution in [0.3, 0.4) is 0 Å². The largest absolute Gasteiger partial charge is 0.372 e. The molecule has 5 nitrogen and oxygen atoms in total. The summed E-state index contributed by atoms with van der Waals surface area (Å²) >= 11 is 1.72. The van der Waals surface area contributed by atoms with Gasteiger partial charge in [-0.3, -0.25) is 9.59 Å². The Labute approximate surface area is 181 Å². The molecule has 156 valence electrons. The van der Waals surface area contributed by atoms with Crippen LogP contribution in [-0.2, 0) is 14.5 Å². The van der Waals surface area contributed by atoms with Crippen LogP contribution in [0.1, 0.15) is 37.7 Å². The molecule has 3 saturated heterocycles. The van der Waals surface area contributed by atoms with E-state index in [2.05, 4.69) is 34.5 Å². The summed E-state index contributed by atoms with van der Waals surface area (Å²) in [4.78, 5) is 29.7. The maximum atomic E-state index is 13.1. The molecular formula is C24H27N3O2S. The minimum atomic E-state index is -0.438. The van der Waals surface area contributed by atoms with Gasteiger partial charge in [0.2, 0.25) is 11.8 Å². The Morgan fingerprint density at radius 2 is 1.73 bits per heavy atom. The van der Waals surface area contributed by atoms with Crippen LogP contribution in [0.15, 0.2) is 54.6 Å². The van der Waals surface area contributed by atoms with Crippen molar-refractivity contribution in [2.24, 2.45) is 0 Å². The summed E-state index contributed by atoms with van der Waals surface area (Å²) in [5.41, 5.74) is 3.11. The van der Waals surface area contributed by atoms with Crippen molar-refractivity contribution in [1.82, 2.24) is 4.90 Å². The van der Waals surface area contributed by atoms with Crippen molar-refractivity contribution >= 4 is 35.0 Å². The smallest absolute Gasteiger partial charge is 0.248 e. The summed E-state index contributed by atoms with van der Waals surface area (Å²) in [6.07, 6.45) is 5.05. The number of anilines is 2. The SMILES string of the molecule is O=C(Nc1ccc(N2CCCCC2)cc1)[C@H]1CS[C@]2(c3ccccc3)CCC(=O)N12. The number of rotatable bonds is 4. The highest BCUT2D eigenvalue weighted by Gasteiger charge is 2.56. The van der Waals surface area contributed by atoms with Crippen LogP contribution < -0.4 is 10.2 Å². The number of piperidine rings is 1. The molecular weight excluding hydrogens is 394 g/mol. The van der Waals surface area contributed by atoms with E-state index in [9.17, 15) is 9.59 Å². The standard InChI is InChI=1S/C24H27N3O2S/c28-22-13-14-24(18-7-3-1-4-8-18)27(22)21(17-30-24)23(29)25-19-9-11-20(12-10-19)26-15-5-2-6-16-26/h1,3-4,7-12,21H,2,5-6,13-17H2,(H,25,29)/t21-,24+/m1/s1. The van der Waals surface area contributed by atoms with E-state index in [0.29, 0.717) is 12.2 Å². The zero-order valence-electron chi connectivity index (χ0n) is 17.0. The third kappa shape index (κ3) is 3.37. The van der Waals surface area contributed by atoms with Crippen molar-refractivity contribution in [2.75, 3.05) is 29.1 Å². The van der Waals surface area contributed by atoms with E-state index < -0.39 is 10.9 Å². The molecule has 6 heteroatoms. The van der Waals surface area contributed by atoms with E-state index in [1.807, 2.05) is 35.2 Å². The van der Waals surface area contributed by atoms with Gasteiger partial charge in [-0.1, -0.05) is 30.3 Å². The minimum Gasteiger partial charge on any atom is -0.372 e. The van der Waals surface area contributed by atoms with E-state index in [1.165, 1.54) is 24.9 Å². The normalized spacial score (nSPS) is 26.0. The number of amides is 2. The second kappa shape index (κ2) is 7.99. The molecule has 2 aromatic carbocycles. The number of hydrogen-bond donors (Lipinski definition) is 1. The first-order chi connectivity index (χ1) is 14.7. The van der Waals surface area contributed by atoms with E-state index in [-0.39, 0.29) is 11.8 Å². The quantitative estimate of drug-likeness (QED) is 0.804. The average molecular weight is 422 g/mol. The van der Waals surface area contributed by atoms with Crippen LogP contribution in [0.2, 0.25) is 0 Å². The molecule has 3 aliphatic rings. The molecule has 0 bridgehead atoms. The fourth-order valence-corrected chi connectivity index (χ4v) is 6.62.